The van der Waals surface area contributed by atoms with Crippen molar-refractivity contribution >= 4 is 5.69 Å². The maximum atomic E-state index is 12.2. The summed E-state index contributed by atoms with van der Waals surface area (Å²) >= 11 is 0. The highest BCUT2D eigenvalue weighted by atomic mass is 19.4. The molecule has 3 rings (SSSR count). The van der Waals surface area contributed by atoms with Gasteiger partial charge in [-0.15, -0.1) is 0 Å². The molecule has 0 aromatic heterocycles. The summed E-state index contributed by atoms with van der Waals surface area (Å²) in [6.07, 6.45) is 1.35. The number of nitrogens with one attached hydrogen (secondary N) is 1. The number of benzene rings is 2. The fraction of sp³-hybridized carbons (Fsp3) is 0.462. The highest BCUT2D eigenvalue weighted by Crippen LogP contribution is 2.31. The van der Waals surface area contributed by atoms with Crippen LogP contribution in [0.3, 0.4) is 0 Å². The molecule has 7 N–H and O–H groups in total. The van der Waals surface area contributed by atoms with E-state index in [1.807, 2.05) is 13.8 Å². The van der Waals surface area contributed by atoms with Gasteiger partial charge < -0.3 is 22.5 Å². The van der Waals surface area contributed by atoms with Gasteiger partial charge in [-0.05, 0) is 68.0 Å². The van der Waals surface area contributed by atoms with Crippen LogP contribution >= 0.6 is 0 Å². The van der Waals surface area contributed by atoms with Gasteiger partial charge in [0.15, 0.2) is 0 Å². The lowest BCUT2D eigenvalue weighted by Crippen LogP contribution is -2.11. The summed E-state index contributed by atoms with van der Waals surface area (Å²) in [5.41, 5.74) is 20.4. The van der Waals surface area contributed by atoms with Gasteiger partial charge in [-0.2, -0.15) is 13.2 Å². The lowest BCUT2D eigenvalue weighted by Gasteiger charge is -2.12. The third kappa shape index (κ3) is 10.8. The monoisotopic (exact) mass is 466 g/mol. The Balaban J connectivity index is 0.000000564. The quantitative estimate of drug-likeness (QED) is 0.407. The van der Waals surface area contributed by atoms with Crippen LogP contribution in [0.25, 0.3) is 0 Å². The molecule has 0 bridgehead atoms. The Morgan fingerprint density at radius 1 is 0.909 bits per heavy atom. The number of halogens is 3. The van der Waals surface area contributed by atoms with Crippen molar-refractivity contribution in [2.45, 2.75) is 65.6 Å². The minimum atomic E-state index is -4.30. The highest BCUT2D eigenvalue weighted by molar-refractivity contribution is 5.52. The van der Waals surface area contributed by atoms with Gasteiger partial charge in [0.2, 0.25) is 0 Å². The predicted molar refractivity (Wildman–Crippen MR) is 135 cm³/mol. The first kappa shape index (κ1) is 30.5. The van der Waals surface area contributed by atoms with Crippen LogP contribution in [0.1, 0.15) is 63.1 Å². The van der Waals surface area contributed by atoms with E-state index < -0.39 is 11.7 Å². The van der Waals surface area contributed by atoms with Crippen LogP contribution in [0.2, 0.25) is 0 Å². The fourth-order valence-electron chi connectivity index (χ4n) is 3.34. The van der Waals surface area contributed by atoms with Crippen molar-refractivity contribution in [1.29, 1.82) is 0 Å². The van der Waals surface area contributed by atoms with Gasteiger partial charge in [0, 0.05) is 24.5 Å². The summed E-state index contributed by atoms with van der Waals surface area (Å²) < 4.78 is 36.5. The Morgan fingerprint density at radius 3 is 1.97 bits per heavy atom. The van der Waals surface area contributed by atoms with E-state index in [0.717, 1.165) is 37.6 Å². The van der Waals surface area contributed by atoms with Crippen molar-refractivity contribution in [1.82, 2.24) is 0 Å². The standard InChI is InChI=1S/C15H22N2.C8H8F3N.C2H6.CH5N/c1-2-10-17-15-9-4-3-6-13(15)11-12-7-5-8-14(12)16;9-8(10,11)7-4-2-1-3-6(7)5-12;2*1-2/h3-4,6,9,17H,2,5,7-8,10-11,16H2,1H3;1-4H,5,12H2;1-2H3;2H2,1H3. The first-order valence-electron chi connectivity index (χ1n) is 11.6. The molecular formula is C26H41F3N4. The smallest absolute Gasteiger partial charge is 0.402 e. The Hall–Kier alpha value is -2.51. The number of anilines is 1. The average molecular weight is 467 g/mol. The second kappa shape index (κ2) is 17.0. The van der Waals surface area contributed by atoms with Gasteiger partial charge in [0.05, 0.1) is 5.56 Å². The predicted octanol–water partition coefficient (Wildman–Crippen LogP) is 6.21. The number of rotatable bonds is 6. The number of para-hydroxylation sites is 1. The number of allylic oxidation sites excluding steroid dienone is 2. The van der Waals surface area contributed by atoms with Crippen LogP contribution in [0.15, 0.2) is 59.8 Å². The zero-order valence-electron chi connectivity index (χ0n) is 20.4. The molecule has 0 heterocycles. The molecule has 7 heteroatoms. The summed E-state index contributed by atoms with van der Waals surface area (Å²) in [6, 6.07) is 13.9. The molecule has 2 aromatic carbocycles. The van der Waals surface area contributed by atoms with Crippen molar-refractivity contribution in [2.75, 3.05) is 18.9 Å². The molecule has 1 aliphatic rings. The highest BCUT2D eigenvalue weighted by Gasteiger charge is 2.32. The van der Waals surface area contributed by atoms with E-state index in [0.29, 0.717) is 0 Å². The Labute approximate surface area is 197 Å². The molecular weight excluding hydrogens is 425 g/mol. The molecule has 186 valence electrons. The van der Waals surface area contributed by atoms with Crippen molar-refractivity contribution < 1.29 is 13.2 Å². The first-order chi connectivity index (χ1) is 15.9. The van der Waals surface area contributed by atoms with Gasteiger partial charge in [-0.3, -0.25) is 0 Å². The summed E-state index contributed by atoms with van der Waals surface area (Å²) in [7, 11) is 1.50. The number of hydrogen-bond donors (Lipinski definition) is 4. The van der Waals surface area contributed by atoms with E-state index in [1.54, 1.807) is 0 Å². The minimum Gasteiger partial charge on any atom is -0.402 e. The molecule has 0 saturated heterocycles. The summed E-state index contributed by atoms with van der Waals surface area (Å²) in [5, 5.41) is 3.49. The van der Waals surface area contributed by atoms with E-state index in [1.165, 1.54) is 54.9 Å². The van der Waals surface area contributed by atoms with Crippen molar-refractivity contribution in [2.24, 2.45) is 17.2 Å². The number of alkyl halides is 3. The maximum absolute atomic E-state index is 12.2. The third-order valence-corrected chi connectivity index (χ3v) is 4.91. The Morgan fingerprint density at radius 2 is 1.48 bits per heavy atom. The molecule has 0 fully saturated rings. The van der Waals surface area contributed by atoms with E-state index in [-0.39, 0.29) is 12.1 Å². The van der Waals surface area contributed by atoms with E-state index in [4.69, 9.17) is 11.5 Å². The topological polar surface area (TPSA) is 90.1 Å². The number of nitrogens with two attached hydrogens (primary N) is 3. The molecule has 0 aliphatic heterocycles. The first-order valence-corrected chi connectivity index (χ1v) is 11.6. The zero-order chi connectivity index (χ0) is 25.3. The van der Waals surface area contributed by atoms with E-state index in [2.05, 4.69) is 42.2 Å². The summed E-state index contributed by atoms with van der Waals surface area (Å²) in [6.45, 7) is 7.13. The molecule has 4 nitrogen and oxygen atoms in total. The minimum absolute atomic E-state index is 0.0876. The Bertz CT molecular complexity index is 817. The van der Waals surface area contributed by atoms with Crippen molar-refractivity contribution in [3.05, 3.63) is 76.5 Å². The van der Waals surface area contributed by atoms with E-state index in [9.17, 15) is 13.2 Å². The van der Waals surface area contributed by atoms with E-state index >= 15 is 0 Å². The molecule has 2 aromatic rings. The van der Waals surface area contributed by atoms with Crippen LogP contribution in [0.5, 0.6) is 0 Å². The summed E-state index contributed by atoms with van der Waals surface area (Å²) in [4.78, 5) is 0. The lowest BCUT2D eigenvalue weighted by atomic mass is 10.0. The second-order valence-electron chi connectivity index (χ2n) is 7.10. The van der Waals surface area contributed by atoms with Crippen LogP contribution < -0.4 is 22.5 Å². The average Bonchev–Trinajstić information content (AvgIpc) is 3.25. The van der Waals surface area contributed by atoms with Crippen LogP contribution in [0, 0.1) is 0 Å². The maximum Gasteiger partial charge on any atom is 0.416 e. The number of hydrogen-bond acceptors (Lipinski definition) is 4. The lowest BCUT2D eigenvalue weighted by molar-refractivity contribution is -0.138. The van der Waals surface area contributed by atoms with Crippen LogP contribution in [0.4, 0.5) is 18.9 Å². The Kier molecular flexibility index (Phi) is 15.7. The van der Waals surface area contributed by atoms with Crippen LogP contribution in [-0.2, 0) is 19.1 Å². The molecule has 0 saturated carbocycles. The SMILES string of the molecule is CC.CCCNc1ccccc1CC1=C(N)CCC1.CN.NCc1ccccc1C(F)(F)F. The van der Waals surface area contributed by atoms with Crippen molar-refractivity contribution in [3.63, 3.8) is 0 Å². The second-order valence-corrected chi connectivity index (χ2v) is 7.10. The molecule has 0 unspecified atom stereocenters. The van der Waals surface area contributed by atoms with Gasteiger partial charge in [-0.1, -0.05) is 57.2 Å². The van der Waals surface area contributed by atoms with Gasteiger partial charge in [0.1, 0.15) is 0 Å². The summed E-state index contributed by atoms with van der Waals surface area (Å²) in [5.74, 6) is 0. The molecule has 0 spiro atoms. The zero-order valence-corrected chi connectivity index (χ0v) is 20.4. The van der Waals surface area contributed by atoms with Crippen molar-refractivity contribution in [3.8, 4) is 0 Å². The normalized spacial score (nSPS) is 12.5. The molecule has 1 aliphatic carbocycles. The van der Waals surface area contributed by atoms with Gasteiger partial charge >= 0.3 is 6.18 Å². The molecule has 0 amide bonds. The van der Waals surface area contributed by atoms with Gasteiger partial charge in [-0.25, -0.2) is 0 Å². The third-order valence-electron chi connectivity index (χ3n) is 4.91. The van der Waals surface area contributed by atoms with Gasteiger partial charge in [0.25, 0.3) is 0 Å². The molecule has 33 heavy (non-hydrogen) atoms. The molecule has 0 radical (unpaired) electrons. The fourth-order valence-corrected chi connectivity index (χ4v) is 3.34. The van der Waals surface area contributed by atoms with Crippen LogP contribution in [-0.4, -0.2) is 13.6 Å². The molecule has 0 atom stereocenters. The largest absolute Gasteiger partial charge is 0.416 e.